The fourth-order valence-corrected chi connectivity index (χ4v) is 7.92. The number of allylic oxidation sites excluding steroid dienone is 5. The molecule has 3 aliphatic rings. The van der Waals surface area contributed by atoms with Gasteiger partial charge in [-0.25, -0.2) is 8.42 Å². The van der Waals surface area contributed by atoms with Gasteiger partial charge >= 0.3 is 0 Å². The molecule has 35 heavy (non-hydrogen) atoms. The number of benzene rings is 1. The topological polar surface area (TPSA) is 74.6 Å². The van der Waals surface area contributed by atoms with Crippen LogP contribution in [-0.2, 0) is 9.84 Å². The number of hydrogen-bond acceptors (Lipinski definition) is 4. The van der Waals surface area contributed by atoms with Crippen LogP contribution in [-0.4, -0.2) is 36.6 Å². The minimum absolute atomic E-state index is 0.114. The van der Waals surface area contributed by atoms with Gasteiger partial charge in [-0.15, -0.1) is 0 Å². The van der Waals surface area contributed by atoms with Gasteiger partial charge in [0.25, 0.3) is 0 Å². The molecule has 0 amide bonds. The summed E-state index contributed by atoms with van der Waals surface area (Å²) in [7, 11) is -3.24. The van der Waals surface area contributed by atoms with Crippen LogP contribution in [0.4, 0.5) is 0 Å². The largest absolute Gasteiger partial charge is 0.393 e. The van der Waals surface area contributed by atoms with Crippen LogP contribution in [0.3, 0.4) is 0 Å². The summed E-state index contributed by atoms with van der Waals surface area (Å²) in [6.07, 6.45) is 12.4. The summed E-state index contributed by atoms with van der Waals surface area (Å²) in [6.45, 7) is 8.69. The van der Waals surface area contributed by atoms with Crippen LogP contribution in [0.1, 0.15) is 65.2 Å². The molecule has 4 nitrogen and oxygen atoms in total. The molecule has 4 rings (SSSR count). The average Bonchev–Trinajstić information content (AvgIpc) is 3.18. The van der Waals surface area contributed by atoms with Gasteiger partial charge in [-0.05, 0) is 85.5 Å². The molecule has 2 fully saturated rings. The monoisotopic (exact) mass is 496 g/mol. The maximum Gasteiger partial charge on any atom is 0.178 e. The zero-order valence-corrected chi connectivity index (χ0v) is 21.9. The SMILES string of the molecule is C=C1C(=CC=C2CCC[C@]3(C)C([C@H](C)CCCS(=O)(=O)c4ccccc4)=CCC23)CC(O)CC1O. The maximum atomic E-state index is 12.7. The van der Waals surface area contributed by atoms with Crippen LogP contribution in [0, 0.1) is 17.3 Å². The zero-order valence-electron chi connectivity index (χ0n) is 21.1. The fraction of sp³-hybridized carbons (Fsp3) is 0.533. The summed E-state index contributed by atoms with van der Waals surface area (Å²) >= 11 is 0. The van der Waals surface area contributed by atoms with Crippen molar-refractivity contribution in [3.8, 4) is 0 Å². The Labute approximate surface area is 211 Å². The highest BCUT2D eigenvalue weighted by Gasteiger charge is 2.45. The number of rotatable bonds is 7. The molecule has 1 aromatic rings. The lowest BCUT2D eigenvalue weighted by atomic mass is 9.62. The number of aliphatic hydroxyl groups is 2. The van der Waals surface area contributed by atoms with Crippen LogP contribution in [0.15, 0.2) is 82.3 Å². The summed E-state index contributed by atoms with van der Waals surface area (Å²) in [5, 5.41) is 20.2. The van der Waals surface area contributed by atoms with E-state index in [9.17, 15) is 18.6 Å². The molecule has 0 heterocycles. The lowest BCUT2D eigenvalue weighted by molar-refractivity contribution is 0.0862. The molecular weight excluding hydrogens is 456 g/mol. The highest BCUT2D eigenvalue weighted by molar-refractivity contribution is 7.91. The third-order valence-corrected chi connectivity index (χ3v) is 10.4. The van der Waals surface area contributed by atoms with Crippen molar-refractivity contribution < 1.29 is 18.6 Å². The molecule has 0 spiro atoms. The van der Waals surface area contributed by atoms with Crippen molar-refractivity contribution in [2.75, 3.05) is 5.75 Å². The van der Waals surface area contributed by atoms with Crippen molar-refractivity contribution in [1.82, 2.24) is 0 Å². The van der Waals surface area contributed by atoms with Gasteiger partial charge in [-0.3, -0.25) is 0 Å². The number of aliphatic hydroxyl groups excluding tert-OH is 2. The van der Waals surface area contributed by atoms with E-state index in [2.05, 4.69) is 38.7 Å². The van der Waals surface area contributed by atoms with Crippen LogP contribution < -0.4 is 0 Å². The second-order valence-corrected chi connectivity index (χ2v) is 13.1. The smallest absolute Gasteiger partial charge is 0.178 e. The third-order valence-electron chi connectivity index (χ3n) is 8.56. The van der Waals surface area contributed by atoms with Gasteiger partial charge in [0, 0.05) is 6.42 Å². The van der Waals surface area contributed by atoms with Gasteiger partial charge < -0.3 is 10.2 Å². The minimum atomic E-state index is -3.24. The molecule has 3 unspecified atom stereocenters. The lowest BCUT2D eigenvalue weighted by Crippen LogP contribution is -2.32. The van der Waals surface area contributed by atoms with Crippen LogP contribution in [0.25, 0.3) is 0 Å². The maximum absolute atomic E-state index is 12.7. The lowest BCUT2D eigenvalue weighted by Gasteiger charge is -2.42. The predicted octanol–water partition coefficient (Wildman–Crippen LogP) is 5.94. The molecule has 0 aromatic heterocycles. The van der Waals surface area contributed by atoms with Gasteiger partial charge in [-0.2, -0.15) is 0 Å². The Hall–Kier alpha value is -1.95. The van der Waals surface area contributed by atoms with E-state index in [-0.39, 0.29) is 11.2 Å². The van der Waals surface area contributed by atoms with Crippen molar-refractivity contribution in [3.63, 3.8) is 0 Å². The Morgan fingerprint density at radius 3 is 2.69 bits per heavy atom. The van der Waals surface area contributed by atoms with Crippen molar-refractivity contribution >= 4 is 9.84 Å². The van der Waals surface area contributed by atoms with Crippen molar-refractivity contribution in [3.05, 3.63) is 77.4 Å². The minimum Gasteiger partial charge on any atom is -0.393 e. The first-order valence-electron chi connectivity index (χ1n) is 13.0. The Morgan fingerprint density at radius 2 is 1.94 bits per heavy atom. The molecule has 0 bridgehead atoms. The van der Waals surface area contributed by atoms with E-state index in [0.717, 1.165) is 43.3 Å². The fourth-order valence-electron chi connectivity index (χ4n) is 6.56. The van der Waals surface area contributed by atoms with Crippen molar-refractivity contribution in [2.45, 2.75) is 82.3 Å². The van der Waals surface area contributed by atoms with Crippen LogP contribution >= 0.6 is 0 Å². The number of fused-ring (bicyclic) bond motifs is 1. The number of hydrogen-bond donors (Lipinski definition) is 2. The van der Waals surface area contributed by atoms with Gasteiger partial charge in [0.1, 0.15) is 0 Å². The molecule has 0 saturated heterocycles. The quantitative estimate of drug-likeness (QED) is 0.458. The Kier molecular flexibility index (Phi) is 7.89. The summed E-state index contributed by atoms with van der Waals surface area (Å²) in [4.78, 5) is 0.414. The molecule has 1 aromatic carbocycles. The predicted molar refractivity (Wildman–Crippen MR) is 142 cm³/mol. The van der Waals surface area contributed by atoms with E-state index < -0.39 is 22.0 Å². The standard InChI is InChI=1S/C30H40O4S/c1-21(9-8-18-35(33,34)26-11-5-4-6-12-26)27-15-16-28-23(10-7-17-30(27,28)3)13-14-24-19-25(31)20-29(32)22(24)2/h4-6,11-15,21,25,28-29,31-32H,2,7-10,16-20H2,1,3H3/t21-,25?,28?,29?,30-/m1/s1. The summed E-state index contributed by atoms with van der Waals surface area (Å²) in [5.74, 6) is 1.01. The first-order valence-corrected chi connectivity index (χ1v) is 14.7. The number of sulfone groups is 1. The second kappa shape index (κ2) is 10.6. The zero-order chi connectivity index (χ0) is 25.2. The molecule has 5 heteroatoms. The van der Waals surface area contributed by atoms with E-state index in [1.54, 1.807) is 24.3 Å². The third kappa shape index (κ3) is 5.58. The molecule has 0 radical (unpaired) electrons. The van der Waals surface area contributed by atoms with Gasteiger partial charge in [0.15, 0.2) is 9.84 Å². The molecule has 0 aliphatic heterocycles. The van der Waals surface area contributed by atoms with E-state index in [0.29, 0.717) is 36.0 Å². The Balaban J connectivity index is 1.41. The highest BCUT2D eigenvalue weighted by atomic mass is 32.2. The molecule has 2 N–H and O–H groups in total. The molecular formula is C30H40O4S. The Bertz CT molecular complexity index is 1130. The van der Waals surface area contributed by atoms with E-state index in [1.165, 1.54) is 11.1 Å². The molecule has 5 atom stereocenters. The van der Waals surface area contributed by atoms with E-state index >= 15 is 0 Å². The Morgan fingerprint density at radius 1 is 1.20 bits per heavy atom. The first kappa shape index (κ1) is 26.1. The van der Waals surface area contributed by atoms with Crippen molar-refractivity contribution in [1.29, 1.82) is 0 Å². The molecule has 3 aliphatic carbocycles. The van der Waals surface area contributed by atoms with E-state index in [1.807, 2.05) is 6.07 Å². The first-order chi connectivity index (χ1) is 16.6. The second-order valence-electron chi connectivity index (χ2n) is 11.0. The molecule has 190 valence electrons. The van der Waals surface area contributed by atoms with Crippen LogP contribution in [0.5, 0.6) is 0 Å². The summed E-state index contributed by atoms with van der Waals surface area (Å²) < 4.78 is 25.3. The van der Waals surface area contributed by atoms with Crippen molar-refractivity contribution in [2.24, 2.45) is 17.3 Å². The molecule has 2 saturated carbocycles. The van der Waals surface area contributed by atoms with Gasteiger partial charge in [0.2, 0.25) is 0 Å². The summed E-state index contributed by atoms with van der Waals surface area (Å²) in [5.41, 5.74) is 4.73. The average molecular weight is 497 g/mol. The van der Waals surface area contributed by atoms with Crippen LogP contribution in [0.2, 0.25) is 0 Å². The normalized spacial score (nSPS) is 32.5. The van der Waals surface area contributed by atoms with Gasteiger partial charge in [0.05, 0.1) is 22.9 Å². The highest BCUT2D eigenvalue weighted by Crippen LogP contribution is 2.57. The van der Waals surface area contributed by atoms with E-state index in [4.69, 9.17) is 0 Å². The summed E-state index contributed by atoms with van der Waals surface area (Å²) in [6, 6.07) is 8.75. The van der Waals surface area contributed by atoms with Gasteiger partial charge in [-0.1, -0.05) is 68.0 Å².